The molecule has 1 heterocycles. The Morgan fingerprint density at radius 2 is 2.25 bits per heavy atom. The fraction of sp³-hybridized carbons (Fsp3) is 0.500. The molecule has 88 valence electrons. The number of nitrogens with zero attached hydrogens (tertiary/aromatic N) is 2. The first-order chi connectivity index (χ1) is 7.56. The number of rotatable bonds is 4. The van der Waals surface area contributed by atoms with Crippen molar-refractivity contribution in [2.75, 3.05) is 12.3 Å². The molecule has 2 N–H and O–H groups in total. The Balaban J connectivity index is 2.90. The van der Waals surface area contributed by atoms with Gasteiger partial charge in [-0.15, -0.1) is 0 Å². The second-order valence-corrected chi connectivity index (χ2v) is 4.07. The maximum absolute atomic E-state index is 12.1. The fourth-order valence-corrected chi connectivity index (χ4v) is 1.55. The number of hydrogen-bond donors (Lipinski definition) is 1. The Kier molecular flexibility index (Phi) is 4.28. The second-order valence-electron chi connectivity index (χ2n) is 4.07. The lowest BCUT2D eigenvalue weighted by atomic mass is 10.2. The van der Waals surface area contributed by atoms with Gasteiger partial charge in [0.05, 0.1) is 0 Å². The van der Waals surface area contributed by atoms with Crippen LogP contribution < -0.4 is 5.73 Å². The third kappa shape index (κ3) is 2.95. The first kappa shape index (κ1) is 12.5. The summed E-state index contributed by atoms with van der Waals surface area (Å²) in [7, 11) is 0. The average molecular weight is 221 g/mol. The maximum Gasteiger partial charge on any atom is 0.272 e. The predicted octanol–water partition coefficient (Wildman–Crippen LogP) is 1.92. The molecule has 0 aliphatic rings. The normalized spacial score (nSPS) is 10.5. The minimum Gasteiger partial charge on any atom is -0.399 e. The van der Waals surface area contributed by atoms with E-state index < -0.39 is 0 Å². The molecule has 1 aromatic heterocycles. The van der Waals surface area contributed by atoms with Crippen molar-refractivity contribution in [3.05, 3.63) is 24.0 Å². The van der Waals surface area contributed by atoms with Crippen LogP contribution in [0.1, 0.15) is 37.7 Å². The van der Waals surface area contributed by atoms with E-state index in [4.69, 9.17) is 5.73 Å². The summed E-state index contributed by atoms with van der Waals surface area (Å²) in [5, 5.41) is 0. The van der Waals surface area contributed by atoms with Crippen LogP contribution in [0.4, 0.5) is 5.69 Å². The minimum absolute atomic E-state index is 0.0517. The average Bonchev–Trinajstić information content (AvgIpc) is 2.24. The van der Waals surface area contributed by atoms with Crippen molar-refractivity contribution in [1.82, 2.24) is 9.88 Å². The zero-order chi connectivity index (χ0) is 12.1. The summed E-state index contributed by atoms with van der Waals surface area (Å²) in [5.41, 5.74) is 6.62. The fourth-order valence-electron chi connectivity index (χ4n) is 1.55. The molecule has 0 aliphatic carbocycles. The van der Waals surface area contributed by atoms with Gasteiger partial charge in [0.1, 0.15) is 5.69 Å². The standard InChI is InChI=1S/C12H19N3O/c1-4-7-15(9(2)3)12(16)11-8-10(13)5-6-14-11/h5-6,8-9H,4,7H2,1-3H3,(H2,13,14). The lowest BCUT2D eigenvalue weighted by Gasteiger charge is -2.25. The zero-order valence-electron chi connectivity index (χ0n) is 10.1. The van der Waals surface area contributed by atoms with Gasteiger partial charge in [0.15, 0.2) is 0 Å². The molecule has 0 bridgehead atoms. The van der Waals surface area contributed by atoms with Crippen LogP contribution in [0.15, 0.2) is 18.3 Å². The molecule has 1 aromatic rings. The predicted molar refractivity (Wildman–Crippen MR) is 65.1 cm³/mol. The number of anilines is 1. The van der Waals surface area contributed by atoms with E-state index in [0.717, 1.165) is 13.0 Å². The SMILES string of the molecule is CCCN(C(=O)c1cc(N)ccn1)C(C)C. The molecule has 16 heavy (non-hydrogen) atoms. The number of nitrogen functional groups attached to an aromatic ring is 1. The summed E-state index contributed by atoms with van der Waals surface area (Å²) in [6, 6.07) is 3.47. The highest BCUT2D eigenvalue weighted by Crippen LogP contribution is 2.09. The largest absolute Gasteiger partial charge is 0.399 e. The van der Waals surface area contributed by atoms with Crippen LogP contribution in [0, 0.1) is 0 Å². The number of pyridine rings is 1. The molecule has 0 aromatic carbocycles. The van der Waals surface area contributed by atoms with E-state index in [-0.39, 0.29) is 11.9 Å². The Hall–Kier alpha value is -1.58. The molecule has 0 saturated heterocycles. The number of hydrogen-bond acceptors (Lipinski definition) is 3. The highest BCUT2D eigenvalue weighted by Gasteiger charge is 2.18. The van der Waals surface area contributed by atoms with Crippen LogP contribution >= 0.6 is 0 Å². The quantitative estimate of drug-likeness (QED) is 0.845. The monoisotopic (exact) mass is 221 g/mol. The first-order valence-corrected chi connectivity index (χ1v) is 5.58. The highest BCUT2D eigenvalue weighted by molar-refractivity contribution is 5.93. The molecule has 0 atom stereocenters. The summed E-state index contributed by atoms with van der Waals surface area (Å²) in [6.07, 6.45) is 2.50. The molecule has 0 aliphatic heterocycles. The van der Waals surface area contributed by atoms with Gasteiger partial charge in [-0.25, -0.2) is 0 Å². The van der Waals surface area contributed by atoms with E-state index in [1.807, 2.05) is 18.7 Å². The number of carbonyl (C=O) groups excluding carboxylic acids is 1. The van der Waals surface area contributed by atoms with Crippen LogP contribution in [0.25, 0.3) is 0 Å². The van der Waals surface area contributed by atoms with Gasteiger partial charge in [-0.05, 0) is 32.4 Å². The van der Waals surface area contributed by atoms with E-state index >= 15 is 0 Å². The van der Waals surface area contributed by atoms with Gasteiger partial charge < -0.3 is 10.6 Å². The molecule has 1 rings (SSSR count). The Morgan fingerprint density at radius 1 is 1.56 bits per heavy atom. The molecule has 4 nitrogen and oxygen atoms in total. The van der Waals surface area contributed by atoms with E-state index in [0.29, 0.717) is 11.4 Å². The molecule has 0 unspecified atom stereocenters. The van der Waals surface area contributed by atoms with Crippen molar-refractivity contribution in [1.29, 1.82) is 0 Å². The van der Waals surface area contributed by atoms with Gasteiger partial charge in [-0.3, -0.25) is 9.78 Å². The Labute approximate surface area is 96.5 Å². The van der Waals surface area contributed by atoms with Crippen LogP contribution in [0.5, 0.6) is 0 Å². The molecule has 0 fully saturated rings. The topological polar surface area (TPSA) is 59.2 Å². The van der Waals surface area contributed by atoms with E-state index in [1.54, 1.807) is 18.3 Å². The van der Waals surface area contributed by atoms with Crippen LogP contribution in [-0.4, -0.2) is 28.4 Å². The van der Waals surface area contributed by atoms with E-state index in [9.17, 15) is 4.79 Å². The number of nitrogens with two attached hydrogens (primary N) is 1. The molecular formula is C12H19N3O. The smallest absolute Gasteiger partial charge is 0.272 e. The molecule has 0 spiro atoms. The Bertz CT molecular complexity index is 363. The number of aromatic nitrogens is 1. The third-order valence-electron chi connectivity index (χ3n) is 2.35. The molecule has 1 amide bonds. The summed E-state index contributed by atoms with van der Waals surface area (Å²) in [4.78, 5) is 18.0. The molecule has 0 radical (unpaired) electrons. The summed E-state index contributed by atoms with van der Waals surface area (Å²) in [5.74, 6) is -0.0517. The second kappa shape index (κ2) is 5.49. The highest BCUT2D eigenvalue weighted by atomic mass is 16.2. The van der Waals surface area contributed by atoms with Gasteiger partial charge in [-0.1, -0.05) is 6.92 Å². The first-order valence-electron chi connectivity index (χ1n) is 5.58. The van der Waals surface area contributed by atoms with E-state index in [2.05, 4.69) is 11.9 Å². The summed E-state index contributed by atoms with van der Waals surface area (Å²) in [6.45, 7) is 6.79. The van der Waals surface area contributed by atoms with Gasteiger partial charge in [0.25, 0.3) is 5.91 Å². The molecule has 4 heteroatoms. The lowest BCUT2D eigenvalue weighted by molar-refractivity contribution is 0.0700. The molecular weight excluding hydrogens is 202 g/mol. The molecule has 0 saturated carbocycles. The van der Waals surface area contributed by atoms with Crippen molar-refractivity contribution in [3.8, 4) is 0 Å². The summed E-state index contributed by atoms with van der Waals surface area (Å²) < 4.78 is 0. The van der Waals surface area contributed by atoms with Gasteiger partial charge in [0, 0.05) is 24.5 Å². The summed E-state index contributed by atoms with van der Waals surface area (Å²) >= 11 is 0. The van der Waals surface area contributed by atoms with Crippen LogP contribution in [0.3, 0.4) is 0 Å². The van der Waals surface area contributed by atoms with Crippen molar-refractivity contribution in [3.63, 3.8) is 0 Å². The third-order valence-corrected chi connectivity index (χ3v) is 2.35. The Morgan fingerprint density at radius 3 is 2.75 bits per heavy atom. The van der Waals surface area contributed by atoms with E-state index in [1.165, 1.54) is 0 Å². The van der Waals surface area contributed by atoms with Gasteiger partial charge >= 0.3 is 0 Å². The maximum atomic E-state index is 12.1. The zero-order valence-corrected chi connectivity index (χ0v) is 10.1. The van der Waals surface area contributed by atoms with Crippen LogP contribution in [0.2, 0.25) is 0 Å². The minimum atomic E-state index is -0.0517. The number of amides is 1. The van der Waals surface area contributed by atoms with Crippen molar-refractivity contribution in [2.24, 2.45) is 0 Å². The van der Waals surface area contributed by atoms with Gasteiger partial charge in [-0.2, -0.15) is 0 Å². The number of carbonyl (C=O) groups is 1. The van der Waals surface area contributed by atoms with Crippen molar-refractivity contribution < 1.29 is 4.79 Å². The van der Waals surface area contributed by atoms with Crippen LogP contribution in [-0.2, 0) is 0 Å². The van der Waals surface area contributed by atoms with Crippen molar-refractivity contribution >= 4 is 11.6 Å². The lowest BCUT2D eigenvalue weighted by Crippen LogP contribution is -2.37. The van der Waals surface area contributed by atoms with Gasteiger partial charge in [0.2, 0.25) is 0 Å². The van der Waals surface area contributed by atoms with Crippen molar-refractivity contribution in [2.45, 2.75) is 33.2 Å².